The standard InChI is InChI=1S/C12H19ClN2S/c1-10(2)9-16-6-5-14-7-11-3-4-12(13)15-8-11/h3-4,8,10,14H,5-7,9H2,1-2H3. The molecule has 0 atom stereocenters. The molecule has 1 aromatic rings. The lowest BCUT2D eigenvalue weighted by atomic mass is 10.3. The Bertz CT molecular complexity index is 288. The quantitative estimate of drug-likeness (QED) is 0.601. The molecule has 2 nitrogen and oxygen atoms in total. The Morgan fingerprint density at radius 3 is 2.88 bits per heavy atom. The zero-order chi connectivity index (χ0) is 11.8. The number of pyridine rings is 1. The molecule has 0 aromatic carbocycles. The minimum Gasteiger partial charge on any atom is -0.312 e. The smallest absolute Gasteiger partial charge is 0.129 e. The van der Waals surface area contributed by atoms with Crippen LogP contribution in [0.5, 0.6) is 0 Å². The Hall–Kier alpha value is -0.250. The number of hydrogen-bond acceptors (Lipinski definition) is 3. The third-order valence-corrected chi connectivity index (χ3v) is 3.61. The van der Waals surface area contributed by atoms with E-state index in [1.54, 1.807) is 0 Å². The van der Waals surface area contributed by atoms with E-state index in [9.17, 15) is 0 Å². The maximum Gasteiger partial charge on any atom is 0.129 e. The molecule has 0 aliphatic rings. The average molecular weight is 259 g/mol. The largest absolute Gasteiger partial charge is 0.312 e. The summed E-state index contributed by atoms with van der Waals surface area (Å²) >= 11 is 7.71. The molecule has 1 rings (SSSR count). The number of hydrogen-bond donors (Lipinski definition) is 1. The molecule has 90 valence electrons. The van der Waals surface area contributed by atoms with Crippen LogP contribution < -0.4 is 5.32 Å². The SMILES string of the molecule is CC(C)CSCCNCc1ccc(Cl)nc1. The molecule has 0 unspecified atom stereocenters. The summed E-state index contributed by atoms with van der Waals surface area (Å²) in [6, 6.07) is 3.83. The third-order valence-electron chi connectivity index (χ3n) is 1.99. The molecule has 1 N–H and O–H groups in total. The summed E-state index contributed by atoms with van der Waals surface area (Å²) in [4.78, 5) is 4.04. The van der Waals surface area contributed by atoms with Crippen molar-refractivity contribution in [1.29, 1.82) is 0 Å². The number of rotatable bonds is 7. The highest BCUT2D eigenvalue weighted by atomic mass is 35.5. The van der Waals surface area contributed by atoms with Crippen LogP contribution in [0.2, 0.25) is 5.15 Å². The van der Waals surface area contributed by atoms with Gasteiger partial charge in [0.1, 0.15) is 5.15 Å². The van der Waals surface area contributed by atoms with Crippen LogP contribution in [0.4, 0.5) is 0 Å². The van der Waals surface area contributed by atoms with Crippen LogP contribution in [0, 0.1) is 5.92 Å². The Morgan fingerprint density at radius 1 is 1.44 bits per heavy atom. The Kier molecular flexibility index (Phi) is 6.85. The monoisotopic (exact) mass is 258 g/mol. The van der Waals surface area contributed by atoms with Crippen molar-refractivity contribution in [3.05, 3.63) is 29.0 Å². The van der Waals surface area contributed by atoms with Crippen molar-refractivity contribution in [3.8, 4) is 0 Å². The second kappa shape index (κ2) is 7.93. The van der Waals surface area contributed by atoms with Gasteiger partial charge in [0.2, 0.25) is 0 Å². The average Bonchev–Trinajstić information content (AvgIpc) is 2.25. The Labute approximate surface area is 107 Å². The first kappa shape index (κ1) is 13.8. The number of thioether (sulfide) groups is 1. The zero-order valence-corrected chi connectivity index (χ0v) is 11.4. The van der Waals surface area contributed by atoms with Crippen molar-refractivity contribution >= 4 is 23.4 Å². The first-order chi connectivity index (χ1) is 7.68. The normalized spacial score (nSPS) is 11.0. The van der Waals surface area contributed by atoms with Gasteiger partial charge in [0, 0.05) is 25.0 Å². The molecule has 1 heterocycles. The van der Waals surface area contributed by atoms with E-state index in [2.05, 4.69) is 24.1 Å². The van der Waals surface area contributed by atoms with E-state index in [4.69, 9.17) is 11.6 Å². The first-order valence-electron chi connectivity index (χ1n) is 5.57. The predicted octanol–water partition coefficient (Wildman–Crippen LogP) is 3.21. The van der Waals surface area contributed by atoms with E-state index < -0.39 is 0 Å². The van der Waals surface area contributed by atoms with Crippen LogP contribution in [-0.4, -0.2) is 23.0 Å². The van der Waals surface area contributed by atoms with E-state index in [0.29, 0.717) is 5.15 Å². The van der Waals surface area contributed by atoms with Gasteiger partial charge in [-0.2, -0.15) is 11.8 Å². The summed E-state index contributed by atoms with van der Waals surface area (Å²) in [5.41, 5.74) is 1.18. The van der Waals surface area contributed by atoms with Gasteiger partial charge in [-0.3, -0.25) is 0 Å². The molecule has 0 saturated carbocycles. The number of aromatic nitrogens is 1. The molecule has 0 aliphatic heterocycles. The second-order valence-corrected chi connectivity index (χ2v) is 5.67. The molecule has 0 amide bonds. The molecule has 0 bridgehead atoms. The van der Waals surface area contributed by atoms with Crippen LogP contribution in [0.15, 0.2) is 18.3 Å². The summed E-state index contributed by atoms with van der Waals surface area (Å²) < 4.78 is 0. The molecule has 4 heteroatoms. The number of nitrogens with zero attached hydrogens (tertiary/aromatic N) is 1. The van der Waals surface area contributed by atoms with Crippen molar-refractivity contribution in [2.45, 2.75) is 20.4 Å². The van der Waals surface area contributed by atoms with E-state index in [1.807, 2.05) is 30.1 Å². The molecule has 0 saturated heterocycles. The lowest BCUT2D eigenvalue weighted by molar-refractivity contribution is 0.724. The molecular formula is C12H19ClN2S. The van der Waals surface area contributed by atoms with Gasteiger partial charge in [-0.25, -0.2) is 4.98 Å². The zero-order valence-electron chi connectivity index (χ0n) is 9.87. The minimum atomic E-state index is 0.552. The topological polar surface area (TPSA) is 24.9 Å². The van der Waals surface area contributed by atoms with E-state index >= 15 is 0 Å². The fraction of sp³-hybridized carbons (Fsp3) is 0.583. The van der Waals surface area contributed by atoms with Crippen LogP contribution in [0.3, 0.4) is 0 Å². The van der Waals surface area contributed by atoms with Gasteiger partial charge in [-0.05, 0) is 23.3 Å². The van der Waals surface area contributed by atoms with Gasteiger partial charge in [-0.15, -0.1) is 0 Å². The summed E-state index contributed by atoms with van der Waals surface area (Å²) in [6.07, 6.45) is 1.82. The predicted molar refractivity (Wildman–Crippen MR) is 73.1 cm³/mol. The second-order valence-electron chi connectivity index (χ2n) is 4.13. The van der Waals surface area contributed by atoms with Gasteiger partial charge >= 0.3 is 0 Å². The molecule has 0 spiro atoms. The number of nitrogens with one attached hydrogen (secondary N) is 1. The maximum absolute atomic E-state index is 5.71. The lowest BCUT2D eigenvalue weighted by Gasteiger charge is -2.06. The van der Waals surface area contributed by atoms with Gasteiger partial charge < -0.3 is 5.32 Å². The molecular weight excluding hydrogens is 240 g/mol. The fourth-order valence-corrected chi connectivity index (χ4v) is 2.25. The number of halogens is 1. The van der Waals surface area contributed by atoms with E-state index in [1.165, 1.54) is 17.1 Å². The highest BCUT2D eigenvalue weighted by Gasteiger charge is 1.95. The summed E-state index contributed by atoms with van der Waals surface area (Å²) in [5, 5.41) is 3.94. The minimum absolute atomic E-state index is 0.552. The fourth-order valence-electron chi connectivity index (χ4n) is 1.21. The van der Waals surface area contributed by atoms with Crippen molar-refractivity contribution in [2.75, 3.05) is 18.1 Å². The van der Waals surface area contributed by atoms with Crippen LogP contribution >= 0.6 is 23.4 Å². The first-order valence-corrected chi connectivity index (χ1v) is 7.10. The summed E-state index contributed by atoms with van der Waals surface area (Å²) in [5.74, 6) is 3.19. The highest BCUT2D eigenvalue weighted by molar-refractivity contribution is 7.99. The van der Waals surface area contributed by atoms with Gasteiger partial charge in [-0.1, -0.05) is 31.5 Å². The Morgan fingerprint density at radius 2 is 2.25 bits per heavy atom. The van der Waals surface area contributed by atoms with Gasteiger partial charge in [0.15, 0.2) is 0 Å². The van der Waals surface area contributed by atoms with E-state index in [-0.39, 0.29) is 0 Å². The highest BCUT2D eigenvalue weighted by Crippen LogP contribution is 2.07. The van der Waals surface area contributed by atoms with Crippen LogP contribution in [0.25, 0.3) is 0 Å². The Balaban J connectivity index is 2.05. The van der Waals surface area contributed by atoms with Crippen molar-refractivity contribution in [2.24, 2.45) is 5.92 Å². The summed E-state index contributed by atoms with van der Waals surface area (Å²) in [7, 11) is 0. The summed E-state index contributed by atoms with van der Waals surface area (Å²) in [6.45, 7) is 6.41. The molecule has 0 fully saturated rings. The molecule has 1 aromatic heterocycles. The maximum atomic E-state index is 5.71. The third kappa shape index (κ3) is 6.36. The van der Waals surface area contributed by atoms with Crippen molar-refractivity contribution in [3.63, 3.8) is 0 Å². The lowest BCUT2D eigenvalue weighted by Crippen LogP contribution is -2.17. The van der Waals surface area contributed by atoms with Crippen molar-refractivity contribution < 1.29 is 0 Å². The van der Waals surface area contributed by atoms with Crippen molar-refractivity contribution in [1.82, 2.24) is 10.3 Å². The van der Waals surface area contributed by atoms with Crippen LogP contribution in [0.1, 0.15) is 19.4 Å². The molecule has 0 aliphatic carbocycles. The van der Waals surface area contributed by atoms with Gasteiger partial charge in [0.05, 0.1) is 0 Å². The van der Waals surface area contributed by atoms with Gasteiger partial charge in [0.25, 0.3) is 0 Å². The van der Waals surface area contributed by atoms with Crippen LogP contribution in [-0.2, 0) is 6.54 Å². The molecule has 16 heavy (non-hydrogen) atoms. The molecule has 0 radical (unpaired) electrons. The van der Waals surface area contributed by atoms with E-state index in [0.717, 1.165) is 19.0 Å².